The SMILES string of the molecule is CC(C1CCOC1)N1Cc2cccc(N)c2C1. The second-order valence-electron chi connectivity index (χ2n) is 5.25. The van der Waals surface area contributed by atoms with Gasteiger partial charge >= 0.3 is 0 Å². The highest BCUT2D eigenvalue weighted by atomic mass is 16.5. The summed E-state index contributed by atoms with van der Waals surface area (Å²) >= 11 is 0. The van der Waals surface area contributed by atoms with E-state index in [9.17, 15) is 0 Å². The molecule has 2 unspecified atom stereocenters. The van der Waals surface area contributed by atoms with Crippen molar-refractivity contribution in [3.8, 4) is 0 Å². The summed E-state index contributed by atoms with van der Waals surface area (Å²) < 4.78 is 5.49. The van der Waals surface area contributed by atoms with E-state index in [0.717, 1.165) is 32.0 Å². The Labute approximate surface area is 103 Å². The molecule has 3 rings (SSSR count). The molecule has 0 radical (unpaired) electrons. The minimum atomic E-state index is 0.587. The van der Waals surface area contributed by atoms with Crippen LogP contribution in [-0.2, 0) is 17.8 Å². The first-order valence-electron chi connectivity index (χ1n) is 6.43. The van der Waals surface area contributed by atoms with E-state index in [1.807, 2.05) is 6.07 Å². The number of benzene rings is 1. The van der Waals surface area contributed by atoms with Gasteiger partial charge in [0.25, 0.3) is 0 Å². The van der Waals surface area contributed by atoms with Crippen molar-refractivity contribution >= 4 is 5.69 Å². The van der Waals surface area contributed by atoms with Crippen LogP contribution in [0.5, 0.6) is 0 Å². The van der Waals surface area contributed by atoms with E-state index in [1.165, 1.54) is 17.5 Å². The van der Waals surface area contributed by atoms with Gasteiger partial charge in [-0.05, 0) is 36.5 Å². The Bertz CT molecular complexity index is 413. The van der Waals surface area contributed by atoms with Gasteiger partial charge in [-0.25, -0.2) is 0 Å². The quantitative estimate of drug-likeness (QED) is 0.793. The minimum absolute atomic E-state index is 0.587. The van der Waals surface area contributed by atoms with E-state index >= 15 is 0 Å². The zero-order valence-corrected chi connectivity index (χ0v) is 10.4. The molecule has 2 N–H and O–H groups in total. The summed E-state index contributed by atoms with van der Waals surface area (Å²) in [5.74, 6) is 0.686. The molecule has 1 saturated heterocycles. The molecule has 0 aromatic heterocycles. The van der Waals surface area contributed by atoms with Gasteiger partial charge in [-0.15, -0.1) is 0 Å². The van der Waals surface area contributed by atoms with Crippen LogP contribution in [-0.4, -0.2) is 24.2 Å². The van der Waals surface area contributed by atoms with E-state index in [1.54, 1.807) is 0 Å². The van der Waals surface area contributed by atoms with E-state index < -0.39 is 0 Å². The van der Waals surface area contributed by atoms with Crippen molar-refractivity contribution in [2.24, 2.45) is 5.92 Å². The number of hydrogen-bond donors (Lipinski definition) is 1. The van der Waals surface area contributed by atoms with Gasteiger partial charge in [0.05, 0.1) is 6.61 Å². The zero-order valence-electron chi connectivity index (χ0n) is 10.4. The van der Waals surface area contributed by atoms with Crippen LogP contribution in [0.1, 0.15) is 24.5 Å². The molecule has 3 heteroatoms. The molecular weight excluding hydrogens is 212 g/mol. The summed E-state index contributed by atoms with van der Waals surface area (Å²) in [5, 5.41) is 0. The second kappa shape index (κ2) is 4.31. The van der Waals surface area contributed by atoms with Crippen LogP contribution in [0.3, 0.4) is 0 Å². The molecule has 0 bridgehead atoms. The maximum absolute atomic E-state index is 6.04. The topological polar surface area (TPSA) is 38.5 Å². The molecule has 2 aliphatic rings. The first kappa shape index (κ1) is 11.1. The van der Waals surface area contributed by atoms with Crippen LogP contribution in [0.2, 0.25) is 0 Å². The Morgan fingerprint density at radius 3 is 3.00 bits per heavy atom. The lowest BCUT2D eigenvalue weighted by molar-refractivity contribution is 0.127. The minimum Gasteiger partial charge on any atom is -0.398 e. The molecule has 92 valence electrons. The molecular formula is C14H20N2O. The number of nitrogens with two attached hydrogens (primary N) is 1. The molecule has 0 saturated carbocycles. The third kappa shape index (κ3) is 1.94. The molecule has 2 aliphatic heterocycles. The average Bonchev–Trinajstić information content (AvgIpc) is 2.98. The average molecular weight is 232 g/mol. The summed E-state index contributed by atoms with van der Waals surface area (Å²) in [6.45, 7) is 6.21. The third-order valence-electron chi connectivity index (χ3n) is 4.27. The highest BCUT2D eigenvalue weighted by molar-refractivity contribution is 5.52. The van der Waals surface area contributed by atoms with Crippen LogP contribution in [0.4, 0.5) is 5.69 Å². The predicted molar refractivity (Wildman–Crippen MR) is 68.5 cm³/mol. The van der Waals surface area contributed by atoms with Gasteiger partial charge < -0.3 is 10.5 Å². The van der Waals surface area contributed by atoms with Crippen molar-refractivity contribution < 1.29 is 4.74 Å². The van der Waals surface area contributed by atoms with Crippen molar-refractivity contribution in [2.75, 3.05) is 18.9 Å². The first-order chi connectivity index (χ1) is 8.25. The summed E-state index contributed by atoms with van der Waals surface area (Å²) in [5.41, 5.74) is 9.71. The van der Waals surface area contributed by atoms with Gasteiger partial charge in [-0.2, -0.15) is 0 Å². The van der Waals surface area contributed by atoms with E-state index in [4.69, 9.17) is 10.5 Å². The number of ether oxygens (including phenoxy) is 1. The van der Waals surface area contributed by atoms with Crippen molar-refractivity contribution in [3.05, 3.63) is 29.3 Å². The number of anilines is 1. The summed E-state index contributed by atoms with van der Waals surface area (Å²) in [6.07, 6.45) is 1.20. The monoisotopic (exact) mass is 232 g/mol. The van der Waals surface area contributed by atoms with Crippen molar-refractivity contribution in [1.82, 2.24) is 4.90 Å². The van der Waals surface area contributed by atoms with Crippen LogP contribution in [0.25, 0.3) is 0 Å². The highest BCUT2D eigenvalue weighted by Gasteiger charge is 2.31. The largest absolute Gasteiger partial charge is 0.398 e. The van der Waals surface area contributed by atoms with Gasteiger partial charge in [0.1, 0.15) is 0 Å². The van der Waals surface area contributed by atoms with Gasteiger partial charge in [0.2, 0.25) is 0 Å². The number of nitrogen functional groups attached to an aromatic ring is 1. The van der Waals surface area contributed by atoms with Gasteiger partial charge in [-0.3, -0.25) is 4.90 Å². The van der Waals surface area contributed by atoms with Crippen molar-refractivity contribution in [1.29, 1.82) is 0 Å². The fraction of sp³-hybridized carbons (Fsp3) is 0.571. The Kier molecular flexibility index (Phi) is 2.81. The first-order valence-corrected chi connectivity index (χ1v) is 6.43. The summed E-state index contributed by atoms with van der Waals surface area (Å²) in [7, 11) is 0. The Balaban J connectivity index is 1.75. The van der Waals surface area contributed by atoms with E-state index in [-0.39, 0.29) is 0 Å². The maximum Gasteiger partial charge on any atom is 0.0509 e. The second-order valence-corrected chi connectivity index (χ2v) is 5.25. The predicted octanol–water partition coefficient (Wildman–Crippen LogP) is 2.01. The summed E-state index contributed by atoms with van der Waals surface area (Å²) in [6, 6.07) is 6.85. The lowest BCUT2D eigenvalue weighted by Crippen LogP contribution is -2.35. The molecule has 17 heavy (non-hydrogen) atoms. The zero-order chi connectivity index (χ0) is 11.8. The van der Waals surface area contributed by atoms with Crippen molar-refractivity contribution in [3.63, 3.8) is 0 Å². The molecule has 0 amide bonds. The number of hydrogen-bond acceptors (Lipinski definition) is 3. The fourth-order valence-corrected chi connectivity index (χ4v) is 2.99. The Hall–Kier alpha value is -1.06. The molecule has 1 fully saturated rings. The van der Waals surface area contributed by atoms with Gasteiger partial charge in [-0.1, -0.05) is 12.1 Å². The number of rotatable bonds is 2. The van der Waals surface area contributed by atoms with Crippen LogP contribution in [0.15, 0.2) is 18.2 Å². The molecule has 0 aliphatic carbocycles. The Morgan fingerprint density at radius 1 is 1.41 bits per heavy atom. The molecule has 1 aromatic carbocycles. The van der Waals surface area contributed by atoms with E-state index in [0.29, 0.717) is 12.0 Å². The lowest BCUT2D eigenvalue weighted by atomic mass is 9.99. The molecule has 0 spiro atoms. The highest BCUT2D eigenvalue weighted by Crippen LogP contribution is 2.32. The summed E-state index contributed by atoms with van der Waals surface area (Å²) in [4.78, 5) is 2.53. The lowest BCUT2D eigenvalue weighted by Gasteiger charge is -2.28. The van der Waals surface area contributed by atoms with Crippen LogP contribution >= 0.6 is 0 Å². The van der Waals surface area contributed by atoms with Gasteiger partial charge in [0.15, 0.2) is 0 Å². The van der Waals surface area contributed by atoms with Gasteiger partial charge in [0, 0.05) is 31.4 Å². The third-order valence-corrected chi connectivity index (χ3v) is 4.27. The fourth-order valence-electron chi connectivity index (χ4n) is 2.99. The maximum atomic E-state index is 6.04. The standard InChI is InChI=1S/C14H20N2O/c1-10(12-5-6-17-9-12)16-7-11-3-2-4-14(15)13(11)8-16/h2-4,10,12H,5-9,15H2,1H3. The molecule has 2 atom stereocenters. The molecule has 2 heterocycles. The van der Waals surface area contributed by atoms with Crippen molar-refractivity contribution in [2.45, 2.75) is 32.5 Å². The smallest absolute Gasteiger partial charge is 0.0509 e. The number of nitrogens with zero attached hydrogens (tertiary/aromatic N) is 1. The Morgan fingerprint density at radius 2 is 2.29 bits per heavy atom. The molecule has 3 nitrogen and oxygen atoms in total. The van der Waals surface area contributed by atoms with Crippen LogP contribution in [0, 0.1) is 5.92 Å². The molecule has 1 aromatic rings. The number of fused-ring (bicyclic) bond motifs is 1. The normalized spacial score (nSPS) is 26.1. The van der Waals surface area contributed by atoms with Crippen LogP contribution < -0.4 is 5.73 Å². The van der Waals surface area contributed by atoms with E-state index in [2.05, 4.69) is 24.0 Å².